The van der Waals surface area contributed by atoms with Gasteiger partial charge in [-0.1, -0.05) is 45.0 Å². The standard InChI is InChI=1S/C19H20N2O3S/c1-19(2,3)16-6-4-5-7-17(16)25(23,24)21-14-9-8-13-10-11-20-18(22)15(13)12-14/h4-12,21H,1-3H3,(H,20,22). The number of H-pyrrole nitrogens is 1. The van der Waals surface area contributed by atoms with Crippen molar-refractivity contribution < 1.29 is 8.42 Å². The molecule has 0 aliphatic heterocycles. The van der Waals surface area contributed by atoms with Gasteiger partial charge in [-0.3, -0.25) is 9.52 Å². The topological polar surface area (TPSA) is 79.0 Å². The van der Waals surface area contributed by atoms with Crippen molar-refractivity contribution in [1.29, 1.82) is 0 Å². The van der Waals surface area contributed by atoms with Crippen LogP contribution in [0, 0.1) is 0 Å². The normalized spacial score (nSPS) is 12.3. The number of fused-ring (bicyclic) bond motifs is 1. The van der Waals surface area contributed by atoms with Gasteiger partial charge < -0.3 is 4.98 Å². The maximum Gasteiger partial charge on any atom is 0.262 e. The van der Waals surface area contributed by atoms with Crippen LogP contribution in [-0.2, 0) is 15.4 Å². The van der Waals surface area contributed by atoms with E-state index in [4.69, 9.17) is 0 Å². The molecule has 0 amide bonds. The second-order valence-electron chi connectivity index (χ2n) is 6.96. The molecule has 2 N–H and O–H groups in total. The molecular weight excluding hydrogens is 336 g/mol. The summed E-state index contributed by atoms with van der Waals surface area (Å²) in [7, 11) is -3.77. The Morgan fingerprint density at radius 1 is 1.00 bits per heavy atom. The maximum atomic E-state index is 12.9. The molecule has 0 atom stereocenters. The number of aromatic amines is 1. The molecule has 0 unspecified atom stereocenters. The van der Waals surface area contributed by atoms with Crippen molar-refractivity contribution in [2.45, 2.75) is 31.1 Å². The van der Waals surface area contributed by atoms with E-state index >= 15 is 0 Å². The number of hydrogen-bond donors (Lipinski definition) is 2. The first-order valence-electron chi connectivity index (χ1n) is 7.92. The Morgan fingerprint density at radius 3 is 2.44 bits per heavy atom. The quantitative estimate of drug-likeness (QED) is 0.752. The minimum absolute atomic E-state index is 0.240. The third-order valence-electron chi connectivity index (χ3n) is 4.01. The molecule has 6 heteroatoms. The predicted octanol–water partition coefficient (Wildman–Crippen LogP) is 3.63. The molecule has 2 aromatic carbocycles. The molecule has 1 aromatic heterocycles. The summed E-state index contributed by atoms with van der Waals surface area (Å²) in [6, 6.07) is 13.6. The van der Waals surface area contributed by atoms with E-state index in [2.05, 4.69) is 9.71 Å². The van der Waals surface area contributed by atoms with Gasteiger partial charge in [0.2, 0.25) is 0 Å². The molecular formula is C19H20N2O3S. The number of rotatable bonds is 3. The fourth-order valence-corrected chi connectivity index (χ4v) is 4.25. The van der Waals surface area contributed by atoms with Crippen LogP contribution < -0.4 is 10.3 Å². The second kappa shape index (κ2) is 6.04. The van der Waals surface area contributed by atoms with Gasteiger partial charge in [0.15, 0.2) is 0 Å². The average molecular weight is 356 g/mol. The second-order valence-corrected chi connectivity index (χ2v) is 8.61. The van der Waals surface area contributed by atoms with Crippen LogP contribution in [0.5, 0.6) is 0 Å². The predicted molar refractivity (Wildman–Crippen MR) is 101 cm³/mol. The van der Waals surface area contributed by atoms with Crippen LogP contribution in [0.4, 0.5) is 5.69 Å². The van der Waals surface area contributed by atoms with Crippen LogP contribution in [0.1, 0.15) is 26.3 Å². The minimum Gasteiger partial charge on any atom is -0.329 e. The first-order chi connectivity index (χ1) is 11.7. The van der Waals surface area contributed by atoms with E-state index in [9.17, 15) is 13.2 Å². The Kier molecular flexibility index (Phi) is 4.16. The van der Waals surface area contributed by atoms with E-state index in [0.29, 0.717) is 11.1 Å². The summed E-state index contributed by atoms with van der Waals surface area (Å²) in [6.07, 6.45) is 1.56. The number of sulfonamides is 1. The number of anilines is 1. The summed E-state index contributed by atoms with van der Waals surface area (Å²) in [6.45, 7) is 5.91. The fraction of sp³-hybridized carbons (Fsp3) is 0.211. The van der Waals surface area contributed by atoms with Crippen molar-refractivity contribution in [2.24, 2.45) is 0 Å². The third-order valence-corrected chi connectivity index (χ3v) is 5.45. The Bertz CT molecular complexity index is 1090. The molecule has 0 spiro atoms. The summed E-state index contributed by atoms with van der Waals surface area (Å²) in [5, 5.41) is 1.19. The molecule has 0 radical (unpaired) electrons. The first kappa shape index (κ1) is 17.2. The smallest absolute Gasteiger partial charge is 0.262 e. The lowest BCUT2D eigenvalue weighted by molar-refractivity contribution is 0.563. The van der Waals surface area contributed by atoms with Gasteiger partial charge in [-0.25, -0.2) is 8.42 Å². The molecule has 3 aromatic rings. The lowest BCUT2D eigenvalue weighted by Gasteiger charge is -2.23. The average Bonchev–Trinajstić information content (AvgIpc) is 2.55. The number of hydrogen-bond acceptors (Lipinski definition) is 3. The largest absolute Gasteiger partial charge is 0.329 e. The van der Waals surface area contributed by atoms with Crippen molar-refractivity contribution in [2.75, 3.05) is 4.72 Å². The molecule has 0 aliphatic carbocycles. The lowest BCUT2D eigenvalue weighted by atomic mass is 9.87. The van der Waals surface area contributed by atoms with E-state index in [1.165, 1.54) is 0 Å². The number of nitrogens with one attached hydrogen (secondary N) is 2. The molecule has 3 rings (SSSR count). The summed E-state index contributed by atoms with van der Waals surface area (Å²) in [5.41, 5.74) is 0.522. The fourth-order valence-electron chi connectivity index (χ4n) is 2.78. The molecule has 0 saturated heterocycles. The molecule has 5 nitrogen and oxygen atoms in total. The molecule has 130 valence electrons. The zero-order chi connectivity index (χ0) is 18.2. The molecule has 1 heterocycles. The molecule has 0 aliphatic rings. The SMILES string of the molecule is CC(C)(C)c1ccccc1S(=O)(=O)Nc1ccc2cc[nH]c(=O)c2c1. The minimum atomic E-state index is -3.77. The van der Waals surface area contributed by atoms with Gasteiger partial charge in [-0.2, -0.15) is 0 Å². The van der Waals surface area contributed by atoms with Gasteiger partial charge in [-0.15, -0.1) is 0 Å². The van der Waals surface area contributed by atoms with E-state index in [-0.39, 0.29) is 15.9 Å². The molecule has 0 bridgehead atoms. The van der Waals surface area contributed by atoms with Crippen molar-refractivity contribution in [3.05, 3.63) is 70.6 Å². The summed E-state index contributed by atoms with van der Waals surface area (Å²) < 4.78 is 28.4. The van der Waals surface area contributed by atoms with E-state index in [0.717, 1.165) is 10.9 Å². The molecule has 0 saturated carbocycles. The monoisotopic (exact) mass is 356 g/mol. The zero-order valence-corrected chi connectivity index (χ0v) is 15.1. The van der Waals surface area contributed by atoms with E-state index in [1.54, 1.807) is 42.6 Å². The number of benzene rings is 2. The summed E-state index contributed by atoms with van der Waals surface area (Å²) >= 11 is 0. The van der Waals surface area contributed by atoms with Gasteiger partial charge in [-0.05, 0) is 40.6 Å². The van der Waals surface area contributed by atoms with Gasteiger partial charge in [0, 0.05) is 17.3 Å². The highest BCUT2D eigenvalue weighted by Gasteiger charge is 2.25. The van der Waals surface area contributed by atoms with Gasteiger partial charge in [0.25, 0.3) is 15.6 Å². The highest BCUT2D eigenvalue weighted by atomic mass is 32.2. The third kappa shape index (κ3) is 3.44. The summed E-state index contributed by atoms with van der Waals surface area (Å²) in [5.74, 6) is 0. The summed E-state index contributed by atoms with van der Waals surface area (Å²) in [4.78, 5) is 14.8. The number of aromatic nitrogens is 1. The van der Waals surface area contributed by atoms with Crippen LogP contribution in [0.15, 0.2) is 64.4 Å². The highest BCUT2D eigenvalue weighted by Crippen LogP contribution is 2.30. The van der Waals surface area contributed by atoms with Crippen LogP contribution >= 0.6 is 0 Å². The Morgan fingerprint density at radius 2 is 1.72 bits per heavy atom. The van der Waals surface area contributed by atoms with Crippen LogP contribution in [0.3, 0.4) is 0 Å². The highest BCUT2D eigenvalue weighted by molar-refractivity contribution is 7.92. The zero-order valence-electron chi connectivity index (χ0n) is 14.3. The van der Waals surface area contributed by atoms with Gasteiger partial charge in [0.05, 0.1) is 4.90 Å². The van der Waals surface area contributed by atoms with Gasteiger partial charge >= 0.3 is 0 Å². The Hall–Kier alpha value is -2.60. The number of pyridine rings is 1. The Balaban J connectivity index is 2.06. The van der Waals surface area contributed by atoms with Crippen LogP contribution in [0.2, 0.25) is 0 Å². The van der Waals surface area contributed by atoms with Crippen molar-refractivity contribution >= 4 is 26.5 Å². The van der Waals surface area contributed by atoms with Crippen molar-refractivity contribution in [3.63, 3.8) is 0 Å². The van der Waals surface area contributed by atoms with E-state index in [1.807, 2.05) is 32.9 Å². The van der Waals surface area contributed by atoms with Crippen molar-refractivity contribution in [3.8, 4) is 0 Å². The lowest BCUT2D eigenvalue weighted by Crippen LogP contribution is -2.21. The van der Waals surface area contributed by atoms with Crippen molar-refractivity contribution in [1.82, 2.24) is 4.98 Å². The van der Waals surface area contributed by atoms with Crippen LogP contribution in [-0.4, -0.2) is 13.4 Å². The first-order valence-corrected chi connectivity index (χ1v) is 9.40. The molecule has 25 heavy (non-hydrogen) atoms. The Labute approximate surface area is 146 Å². The molecule has 0 fully saturated rings. The van der Waals surface area contributed by atoms with Gasteiger partial charge in [0.1, 0.15) is 0 Å². The van der Waals surface area contributed by atoms with Crippen LogP contribution in [0.25, 0.3) is 10.8 Å². The van der Waals surface area contributed by atoms with E-state index < -0.39 is 10.0 Å². The maximum absolute atomic E-state index is 12.9.